The van der Waals surface area contributed by atoms with Gasteiger partial charge >= 0.3 is 5.97 Å². The molecule has 0 aliphatic rings. The zero-order valence-corrected chi connectivity index (χ0v) is 16.6. The molecule has 0 aliphatic heterocycles. The van der Waals surface area contributed by atoms with Gasteiger partial charge in [0.15, 0.2) is 0 Å². The molecule has 0 spiro atoms. The van der Waals surface area contributed by atoms with E-state index in [-0.39, 0.29) is 5.78 Å². The Balaban J connectivity index is 0.000000212. The molecule has 1 N–H and O–H groups in total. The summed E-state index contributed by atoms with van der Waals surface area (Å²) in [4.78, 5) is 22.4. The number of benzene rings is 3. The van der Waals surface area contributed by atoms with Crippen LogP contribution in [-0.2, 0) is 11.2 Å². The van der Waals surface area contributed by atoms with E-state index in [4.69, 9.17) is 5.11 Å². The fraction of sp³-hybridized carbons (Fsp3) is 0.154. The second-order valence-corrected chi connectivity index (χ2v) is 6.42. The van der Waals surface area contributed by atoms with E-state index in [0.717, 1.165) is 23.1 Å². The Bertz CT molecular complexity index is 996. The van der Waals surface area contributed by atoms with Crippen molar-refractivity contribution in [1.82, 2.24) is 0 Å². The molecule has 0 bridgehead atoms. The van der Waals surface area contributed by atoms with Gasteiger partial charge in [-0.1, -0.05) is 85.6 Å². The zero-order chi connectivity index (χ0) is 21.1. The van der Waals surface area contributed by atoms with Crippen molar-refractivity contribution < 1.29 is 14.7 Å². The summed E-state index contributed by atoms with van der Waals surface area (Å²) in [5, 5.41) is 8.86. The zero-order valence-electron chi connectivity index (χ0n) is 16.6. The number of Topliss-reactive ketones (excluding diaryl/α,β-unsaturated/α-hetero) is 1. The molecule has 1 atom stereocenters. The van der Waals surface area contributed by atoms with Gasteiger partial charge in [-0.3, -0.25) is 9.59 Å². The van der Waals surface area contributed by atoms with Gasteiger partial charge in [-0.05, 0) is 42.5 Å². The highest BCUT2D eigenvalue weighted by Crippen LogP contribution is 2.20. The number of carboxylic acids is 1. The number of carboxylic acid groups (broad SMARTS) is 1. The van der Waals surface area contributed by atoms with Gasteiger partial charge in [0.25, 0.3) is 0 Å². The minimum atomic E-state index is -0.763. The lowest BCUT2D eigenvalue weighted by Crippen LogP contribution is -2.09. The Hall–Kier alpha value is -3.64. The summed E-state index contributed by atoms with van der Waals surface area (Å²) >= 11 is 0. The summed E-state index contributed by atoms with van der Waals surface area (Å²) in [6, 6.07) is 26.2. The summed E-state index contributed by atoms with van der Waals surface area (Å²) in [5.74, 6) is 4.15. The third kappa shape index (κ3) is 6.79. The van der Waals surface area contributed by atoms with Crippen molar-refractivity contribution in [2.45, 2.75) is 26.2 Å². The van der Waals surface area contributed by atoms with Crippen LogP contribution in [-0.4, -0.2) is 16.9 Å². The summed E-state index contributed by atoms with van der Waals surface area (Å²) in [5.41, 5.74) is 3.53. The van der Waals surface area contributed by atoms with Gasteiger partial charge in [0.2, 0.25) is 5.78 Å². The highest BCUT2D eigenvalue weighted by atomic mass is 16.4. The number of hydrogen-bond acceptors (Lipinski definition) is 2. The Labute approximate surface area is 172 Å². The van der Waals surface area contributed by atoms with E-state index in [0.29, 0.717) is 5.56 Å². The monoisotopic (exact) mass is 384 g/mol. The van der Waals surface area contributed by atoms with E-state index in [1.165, 1.54) is 0 Å². The highest BCUT2D eigenvalue weighted by molar-refractivity contribution is 6.09. The smallest absolute Gasteiger partial charge is 0.310 e. The third-order valence-corrected chi connectivity index (χ3v) is 4.40. The molecule has 3 nitrogen and oxygen atoms in total. The van der Waals surface area contributed by atoms with Crippen molar-refractivity contribution in [3.63, 3.8) is 0 Å². The van der Waals surface area contributed by atoms with E-state index in [9.17, 15) is 9.59 Å². The molecule has 0 aromatic heterocycles. The summed E-state index contributed by atoms with van der Waals surface area (Å²) in [7, 11) is 0. The first-order valence-corrected chi connectivity index (χ1v) is 9.50. The van der Waals surface area contributed by atoms with Gasteiger partial charge in [-0.15, -0.1) is 0 Å². The molecule has 1 unspecified atom stereocenters. The van der Waals surface area contributed by atoms with E-state index < -0.39 is 11.9 Å². The molecule has 3 aromatic rings. The van der Waals surface area contributed by atoms with Crippen molar-refractivity contribution in [3.05, 3.63) is 107 Å². The van der Waals surface area contributed by atoms with Gasteiger partial charge in [0, 0.05) is 11.1 Å². The van der Waals surface area contributed by atoms with Crippen molar-refractivity contribution >= 4 is 11.8 Å². The second-order valence-electron chi connectivity index (χ2n) is 6.42. The Morgan fingerprint density at radius 3 is 2.00 bits per heavy atom. The van der Waals surface area contributed by atoms with Crippen LogP contribution in [0.15, 0.2) is 84.9 Å². The van der Waals surface area contributed by atoms with Crippen LogP contribution in [0, 0.1) is 11.8 Å². The van der Waals surface area contributed by atoms with Gasteiger partial charge in [-0.25, -0.2) is 0 Å². The first-order valence-electron chi connectivity index (χ1n) is 9.50. The number of carbonyl (C=O) groups is 2. The van der Waals surface area contributed by atoms with Crippen molar-refractivity contribution in [2.75, 3.05) is 0 Å². The summed E-state index contributed by atoms with van der Waals surface area (Å²) in [6.45, 7) is 3.75. The van der Waals surface area contributed by atoms with Crippen LogP contribution in [0.4, 0.5) is 0 Å². The summed E-state index contributed by atoms with van der Waals surface area (Å²) in [6.07, 6.45) is 0.883. The highest BCUT2D eigenvalue weighted by Gasteiger charge is 2.15. The molecule has 3 heteroatoms. The van der Waals surface area contributed by atoms with Crippen molar-refractivity contribution in [3.8, 4) is 11.8 Å². The van der Waals surface area contributed by atoms with Crippen LogP contribution in [0.1, 0.15) is 46.8 Å². The number of aryl methyl sites for hydroxylation is 1. The summed E-state index contributed by atoms with van der Waals surface area (Å²) < 4.78 is 0. The van der Waals surface area contributed by atoms with E-state index >= 15 is 0 Å². The largest absolute Gasteiger partial charge is 0.481 e. The molecule has 0 radical (unpaired) electrons. The maximum Gasteiger partial charge on any atom is 0.310 e. The molecular formula is C26H24O3. The normalized spacial score (nSPS) is 10.6. The number of rotatable bonds is 4. The molecule has 0 heterocycles. The van der Waals surface area contributed by atoms with Crippen LogP contribution in [0.5, 0.6) is 0 Å². The lowest BCUT2D eigenvalue weighted by Gasteiger charge is -2.10. The Morgan fingerprint density at radius 2 is 1.41 bits per heavy atom. The van der Waals surface area contributed by atoms with E-state index in [1.54, 1.807) is 19.1 Å². The average molecular weight is 384 g/mol. The molecule has 0 fully saturated rings. The molecule has 29 heavy (non-hydrogen) atoms. The van der Waals surface area contributed by atoms with E-state index in [2.05, 4.69) is 11.8 Å². The van der Waals surface area contributed by atoms with Crippen LogP contribution in [0.3, 0.4) is 0 Å². The number of hydrogen-bond donors (Lipinski definition) is 1. The topological polar surface area (TPSA) is 54.4 Å². The molecule has 3 rings (SSSR count). The average Bonchev–Trinajstić information content (AvgIpc) is 2.78. The number of carbonyl (C=O) groups excluding carboxylic acids is 1. The lowest BCUT2D eigenvalue weighted by molar-refractivity contribution is -0.138. The van der Waals surface area contributed by atoms with Crippen LogP contribution in [0.2, 0.25) is 0 Å². The Morgan fingerprint density at radius 1 is 0.862 bits per heavy atom. The van der Waals surface area contributed by atoms with Gasteiger partial charge in [0.1, 0.15) is 0 Å². The molecule has 0 aliphatic carbocycles. The third-order valence-electron chi connectivity index (χ3n) is 4.40. The molecule has 0 amide bonds. The molecular weight excluding hydrogens is 360 g/mol. The molecule has 0 saturated carbocycles. The van der Waals surface area contributed by atoms with Crippen LogP contribution in [0.25, 0.3) is 0 Å². The van der Waals surface area contributed by atoms with Crippen LogP contribution >= 0.6 is 0 Å². The van der Waals surface area contributed by atoms with Crippen LogP contribution < -0.4 is 0 Å². The van der Waals surface area contributed by atoms with E-state index in [1.807, 2.05) is 79.7 Å². The molecule has 146 valence electrons. The molecule has 0 saturated heterocycles. The van der Waals surface area contributed by atoms with Gasteiger partial charge in [0.05, 0.1) is 5.92 Å². The maximum atomic E-state index is 11.6. The molecule has 3 aromatic carbocycles. The predicted octanol–water partition coefficient (Wildman–Crippen LogP) is 5.36. The maximum absolute atomic E-state index is 11.6. The predicted molar refractivity (Wildman–Crippen MR) is 116 cm³/mol. The lowest BCUT2D eigenvalue weighted by atomic mass is 9.95. The SMILES string of the molecule is CCc1ccccc1C(C)C(=O)O.O=C(C#Cc1ccccc1)c1ccccc1. The van der Waals surface area contributed by atoms with Gasteiger partial charge < -0.3 is 5.11 Å². The Kier molecular flexibility index (Phi) is 8.41. The number of ketones is 1. The first kappa shape index (κ1) is 21.7. The quantitative estimate of drug-likeness (QED) is 0.487. The standard InChI is InChI=1S/C15H10O.C11H14O2/c16-15(14-9-5-2-6-10-14)12-11-13-7-3-1-4-8-13;1-3-9-6-4-5-7-10(9)8(2)11(12)13/h1-10H;4-8H,3H2,1-2H3,(H,12,13). The fourth-order valence-corrected chi connectivity index (χ4v) is 2.72. The van der Waals surface area contributed by atoms with Gasteiger partial charge in [-0.2, -0.15) is 0 Å². The van der Waals surface area contributed by atoms with Crippen molar-refractivity contribution in [2.24, 2.45) is 0 Å². The van der Waals surface area contributed by atoms with Crippen molar-refractivity contribution in [1.29, 1.82) is 0 Å². The minimum Gasteiger partial charge on any atom is -0.481 e. The second kappa shape index (κ2) is 11.3. The fourth-order valence-electron chi connectivity index (χ4n) is 2.72. The first-order chi connectivity index (χ1) is 14.0. The minimum absolute atomic E-state index is 0.149. The number of aliphatic carboxylic acids is 1.